The van der Waals surface area contributed by atoms with Crippen LogP contribution in [0.5, 0.6) is 0 Å². The van der Waals surface area contributed by atoms with E-state index in [2.05, 4.69) is 16.3 Å². The molecule has 0 aliphatic carbocycles. The Morgan fingerprint density at radius 1 is 1.25 bits per heavy atom. The molecule has 2 saturated heterocycles. The number of piperidine rings is 2. The highest BCUT2D eigenvalue weighted by molar-refractivity contribution is 6.05. The van der Waals surface area contributed by atoms with Crippen LogP contribution in [0.25, 0.3) is 0 Å². The number of rotatable bonds is 3. The van der Waals surface area contributed by atoms with Crippen molar-refractivity contribution in [3.63, 3.8) is 0 Å². The van der Waals surface area contributed by atoms with Crippen LogP contribution in [-0.2, 0) is 22.7 Å². The summed E-state index contributed by atoms with van der Waals surface area (Å²) in [5.74, 6) is -0.842. The van der Waals surface area contributed by atoms with E-state index in [-0.39, 0.29) is 18.2 Å². The van der Waals surface area contributed by atoms with E-state index in [9.17, 15) is 19.6 Å². The van der Waals surface area contributed by atoms with Crippen LogP contribution in [-0.4, -0.2) is 52.2 Å². The molecule has 0 aromatic heterocycles. The third kappa shape index (κ3) is 3.28. The highest BCUT2D eigenvalue weighted by atomic mass is 16.2. The standard InChI is InChI=1S/C20H23N5O3/c21-12-20(22)6-8-24(9-7-20)10-13-2-1-3-14-15(13)11-25(19(14)28)16-4-5-17(26)23-18(16)27/h1-3,16H,4-11,22H2,(H,23,26,27). The lowest BCUT2D eigenvalue weighted by Crippen LogP contribution is -2.52. The summed E-state index contributed by atoms with van der Waals surface area (Å²) in [7, 11) is 0. The van der Waals surface area contributed by atoms with Crippen molar-refractivity contribution in [1.29, 1.82) is 5.26 Å². The molecule has 0 spiro atoms. The van der Waals surface area contributed by atoms with Gasteiger partial charge in [-0.2, -0.15) is 5.26 Å². The number of nitrogens with two attached hydrogens (primary N) is 1. The van der Waals surface area contributed by atoms with Crippen LogP contribution in [0.1, 0.15) is 47.2 Å². The van der Waals surface area contributed by atoms with Crippen LogP contribution in [0.15, 0.2) is 18.2 Å². The first-order valence-electron chi connectivity index (χ1n) is 9.58. The number of hydrogen-bond donors (Lipinski definition) is 2. The van der Waals surface area contributed by atoms with Gasteiger partial charge in [0.2, 0.25) is 11.8 Å². The van der Waals surface area contributed by atoms with Crippen LogP contribution in [0.3, 0.4) is 0 Å². The molecule has 0 bridgehead atoms. The number of carbonyl (C=O) groups is 3. The van der Waals surface area contributed by atoms with Crippen molar-refractivity contribution in [1.82, 2.24) is 15.1 Å². The van der Waals surface area contributed by atoms with E-state index in [4.69, 9.17) is 5.73 Å². The van der Waals surface area contributed by atoms with Gasteiger partial charge in [0, 0.05) is 38.2 Å². The molecule has 3 heterocycles. The molecule has 8 nitrogen and oxygen atoms in total. The highest BCUT2D eigenvalue weighted by Crippen LogP contribution is 2.31. The number of nitrogens with one attached hydrogen (secondary N) is 1. The maximum atomic E-state index is 12.9. The second-order valence-electron chi connectivity index (χ2n) is 7.89. The molecule has 3 aliphatic heterocycles. The molecule has 28 heavy (non-hydrogen) atoms. The van der Waals surface area contributed by atoms with Crippen molar-refractivity contribution >= 4 is 17.7 Å². The summed E-state index contributed by atoms with van der Waals surface area (Å²) in [6, 6.07) is 7.27. The van der Waals surface area contributed by atoms with E-state index in [1.807, 2.05) is 12.1 Å². The van der Waals surface area contributed by atoms with Gasteiger partial charge in [-0.05, 0) is 36.5 Å². The number of fused-ring (bicyclic) bond motifs is 1. The fourth-order valence-electron chi connectivity index (χ4n) is 4.26. The van der Waals surface area contributed by atoms with E-state index in [1.165, 1.54) is 0 Å². The average Bonchev–Trinajstić information content (AvgIpc) is 3.02. The lowest BCUT2D eigenvalue weighted by Gasteiger charge is -2.35. The third-order valence-electron chi connectivity index (χ3n) is 6.04. The molecular weight excluding hydrogens is 358 g/mol. The molecule has 0 saturated carbocycles. The quantitative estimate of drug-likeness (QED) is 0.725. The zero-order valence-electron chi connectivity index (χ0n) is 15.6. The molecule has 3 N–H and O–H groups in total. The van der Waals surface area contributed by atoms with E-state index in [1.54, 1.807) is 11.0 Å². The molecule has 1 atom stereocenters. The predicted molar refractivity (Wildman–Crippen MR) is 99.5 cm³/mol. The molecule has 2 fully saturated rings. The molecule has 1 aromatic carbocycles. The van der Waals surface area contributed by atoms with Crippen LogP contribution < -0.4 is 11.1 Å². The Morgan fingerprint density at radius 3 is 2.68 bits per heavy atom. The number of likely N-dealkylation sites (tertiary alicyclic amines) is 1. The Bertz CT molecular complexity index is 882. The zero-order chi connectivity index (χ0) is 19.9. The molecule has 3 amide bonds. The van der Waals surface area contributed by atoms with Gasteiger partial charge >= 0.3 is 0 Å². The summed E-state index contributed by atoms with van der Waals surface area (Å²) in [6.45, 7) is 2.53. The first kappa shape index (κ1) is 18.6. The van der Waals surface area contributed by atoms with E-state index in [0.29, 0.717) is 37.9 Å². The third-order valence-corrected chi connectivity index (χ3v) is 6.04. The molecule has 0 radical (unpaired) electrons. The van der Waals surface area contributed by atoms with Gasteiger partial charge in [-0.25, -0.2) is 0 Å². The Morgan fingerprint density at radius 2 is 2.00 bits per heavy atom. The maximum absolute atomic E-state index is 12.9. The topological polar surface area (TPSA) is 120 Å². The van der Waals surface area contributed by atoms with Crippen LogP contribution in [0.4, 0.5) is 0 Å². The van der Waals surface area contributed by atoms with Gasteiger partial charge in [0.15, 0.2) is 0 Å². The van der Waals surface area contributed by atoms with Gasteiger partial charge < -0.3 is 10.6 Å². The lowest BCUT2D eigenvalue weighted by atomic mass is 9.90. The number of imide groups is 1. The molecule has 1 unspecified atom stereocenters. The minimum absolute atomic E-state index is 0.157. The Kier molecular flexibility index (Phi) is 4.65. The highest BCUT2D eigenvalue weighted by Gasteiger charge is 2.40. The van der Waals surface area contributed by atoms with Crippen LogP contribution in [0.2, 0.25) is 0 Å². The van der Waals surface area contributed by atoms with E-state index in [0.717, 1.165) is 24.2 Å². The minimum Gasteiger partial charge on any atom is -0.322 e. The molecular formula is C20H23N5O3. The van der Waals surface area contributed by atoms with Crippen molar-refractivity contribution in [2.45, 2.75) is 50.4 Å². The SMILES string of the molecule is N#CC1(N)CCN(Cc2cccc3c2CN(C2CCC(=O)NC2=O)C3=O)CC1. The van der Waals surface area contributed by atoms with Gasteiger partial charge in [-0.1, -0.05) is 12.1 Å². The van der Waals surface area contributed by atoms with E-state index >= 15 is 0 Å². The number of nitrogens with zero attached hydrogens (tertiary/aromatic N) is 3. The summed E-state index contributed by atoms with van der Waals surface area (Å²) in [6.07, 6.45) is 1.86. The Hall–Kier alpha value is -2.76. The second-order valence-corrected chi connectivity index (χ2v) is 7.89. The largest absolute Gasteiger partial charge is 0.322 e. The summed E-state index contributed by atoms with van der Waals surface area (Å²) >= 11 is 0. The van der Waals surface area contributed by atoms with Crippen molar-refractivity contribution in [2.75, 3.05) is 13.1 Å². The monoisotopic (exact) mass is 381 g/mol. The van der Waals surface area contributed by atoms with Crippen molar-refractivity contribution < 1.29 is 14.4 Å². The summed E-state index contributed by atoms with van der Waals surface area (Å²) in [4.78, 5) is 40.3. The van der Waals surface area contributed by atoms with Gasteiger partial charge in [-0.15, -0.1) is 0 Å². The first-order chi connectivity index (χ1) is 13.4. The first-order valence-corrected chi connectivity index (χ1v) is 9.58. The Labute approximate surface area is 163 Å². The second kappa shape index (κ2) is 7.00. The van der Waals surface area contributed by atoms with Gasteiger partial charge in [-0.3, -0.25) is 24.6 Å². The predicted octanol–water partition coefficient (Wildman–Crippen LogP) is 0.264. The Balaban J connectivity index is 1.50. The number of nitriles is 1. The number of carbonyl (C=O) groups excluding carboxylic acids is 3. The molecule has 4 rings (SSSR count). The number of amides is 3. The van der Waals surface area contributed by atoms with Crippen molar-refractivity contribution in [3.8, 4) is 6.07 Å². The normalized spacial score (nSPS) is 24.6. The van der Waals surface area contributed by atoms with Crippen LogP contribution in [0, 0.1) is 11.3 Å². The fourth-order valence-corrected chi connectivity index (χ4v) is 4.26. The summed E-state index contributed by atoms with van der Waals surface area (Å²) in [5, 5.41) is 11.5. The lowest BCUT2D eigenvalue weighted by molar-refractivity contribution is -0.136. The summed E-state index contributed by atoms with van der Waals surface area (Å²) in [5.41, 5.74) is 7.94. The minimum atomic E-state index is -0.742. The fraction of sp³-hybridized carbons (Fsp3) is 0.500. The van der Waals surface area contributed by atoms with Gasteiger partial charge in [0.05, 0.1) is 6.07 Å². The van der Waals surface area contributed by atoms with Crippen molar-refractivity contribution in [3.05, 3.63) is 34.9 Å². The number of hydrogen-bond acceptors (Lipinski definition) is 6. The number of benzene rings is 1. The molecule has 1 aromatic rings. The molecule has 3 aliphatic rings. The van der Waals surface area contributed by atoms with Crippen LogP contribution >= 0.6 is 0 Å². The summed E-state index contributed by atoms with van der Waals surface area (Å²) < 4.78 is 0. The average molecular weight is 381 g/mol. The zero-order valence-corrected chi connectivity index (χ0v) is 15.6. The molecule has 8 heteroatoms. The smallest absolute Gasteiger partial charge is 0.255 e. The van der Waals surface area contributed by atoms with Crippen molar-refractivity contribution in [2.24, 2.45) is 5.73 Å². The van der Waals surface area contributed by atoms with E-state index < -0.39 is 17.5 Å². The van der Waals surface area contributed by atoms with Gasteiger partial charge in [0.1, 0.15) is 11.6 Å². The maximum Gasteiger partial charge on any atom is 0.255 e. The molecule has 146 valence electrons. The van der Waals surface area contributed by atoms with Gasteiger partial charge in [0.25, 0.3) is 5.91 Å².